The van der Waals surface area contributed by atoms with E-state index < -0.39 is 15.1 Å². The van der Waals surface area contributed by atoms with Crippen molar-refractivity contribution >= 4 is 38.8 Å². The Kier molecular flexibility index (Phi) is 8.90. The number of hydrogen-bond acceptors (Lipinski definition) is 8. The third kappa shape index (κ3) is 6.45. The summed E-state index contributed by atoms with van der Waals surface area (Å²) in [5.41, 5.74) is 3.76. The quantitative estimate of drug-likeness (QED) is 0.347. The highest BCUT2D eigenvalue weighted by Gasteiger charge is 2.25. The SMILES string of the molecule is Cc1cc(NC2=NC(Nc3ccccc3S(=O)(=O)C(C)C)=C(Cl)CN2)c(OC(C)C)cc1C1CCNCC1. The molecule has 206 valence electrons. The maximum Gasteiger partial charge on any atom is 0.202 e. The van der Waals surface area contributed by atoms with E-state index in [2.05, 4.69) is 45.3 Å². The van der Waals surface area contributed by atoms with Crippen molar-refractivity contribution in [3.05, 3.63) is 58.4 Å². The third-order valence-corrected chi connectivity index (χ3v) is 9.24. The number of rotatable bonds is 8. The third-order valence-electron chi connectivity index (χ3n) is 6.72. The highest BCUT2D eigenvalue weighted by molar-refractivity contribution is 7.92. The van der Waals surface area contributed by atoms with Gasteiger partial charge < -0.3 is 26.0 Å². The first-order valence-electron chi connectivity index (χ1n) is 13.2. The molecule has 2 aliphatic rings. The first-order chi connectivity index (χ1) is 18.1. The summed E-state index contributed by atoms with van der Waals surface area (Å²) < 4.78 is 32.0. The highest BCUT2D eigenvalue weighted by Crippen LogP contribution is 2.36. The van der Waals surface area contributed by atoms with Gasteiger partial charge in [-0.3, -0.25) is 0 Å². The largest absolute Gasteiger partial charge is 0.489 e. The van der Waals surface area contributed by atoms with Crippen molar-refractivity contribution in [2.45, 2.75) is 69.6 Å². The fourth-order valence-electron chi connectivity index (χ4n) is 4.68. The van der Waals surface area contributed by atoms with Crippen molar-refractivity contribution in [3.63, 3.8) is 0 Å². The molecule has 0 amide bonds. The predicted octanol–water partition coefficient (Wildman–Crippen LogP) is 5.32. The summed E-state index contributed by atoms with van der Waals surface area (Å²) in [6, 6.07) is 11.1. The number of sulfone groups is 1. The van der Waals surface area contributed by atoms with Gasteiger partial charge in [-0.25, -0.2) is 8.42 Å². The molecular weight excluding hydrogens is 522 g/mol. The normalized spacial score (nSPS) is 16.9. The smallest absolute Gasteiger partial charge is 0.202 e. The Labute approximate surface area is 231 Å². The van der Waals surface area contributed by atoms with E-state index in [-0.39, 0.29) is 11.0 Å². The zero-order valence-electron chi connectivity index (χ0n) is 22.7. The average Bonchev–Trinajstić information content (AvgIpc) is 2.88. The summed E-state index contributed by atoms with van der Waals surface area (Å²) >= 11 is 6.50. The Morgan fingerprint density at radius 2 is 1.76 bits per heavy atom. The van der Waals surface area contributed by atoms with Crippen LogP contribution in [-0.4, -0.2) is 45.4 Å². The lowest BCUT2D eigenvalue weighted by molar-refractivity contribution is 0.243. The minimum Gasteiger partial charge on any atom is -0.489 e. The Morgan fingerprint density at radius 1 is 1.05 bits per heavy atom. The van der Waals surface area contributed by atoms with Crippen LogP contribution in [0.25, 0.3) is 0 Å². The molecule has 10 heteroatoms. The zero-order chi connectivity index (χ0) is 27.4. The summed E-state index contributed by atoms with van der Waals surface area (Å²) in [5, 5.41) is 13.1. The van der Waals surface area contributed by atoms with Crippen LogP contribution in [0.2, 0.25) is 0 Å². The van der Waals surface area contributed by atoms with Crippen molar-refractivity contribution in [1.82, 2.24) is 10.6 Å². The maximum atomic E-state index is 12.9. The molecular formula is C28H38ClN5O3S. The van der Waals surface area contributed by atoms with E-state index in [1.165, 1.54) is 11.1 Å². The Bertz CT molecular complexity index is 1330. The highest BCUT2D eigenvalue weighted by atomic mass is 35.5. The van der Waals surface area contributed by atoms with Crippen molar-refractivity contribution in [2.24, 2.45) is 4.99 Å². The summed E-state index contributed by atoms with van der Waals surface area (Å²) in [6.45, 7) is 11.9. The maximum absolute atomic E-state index is 12.9. The lowest BCUT2D eigenvalue weighted by Gasteiger charge is -2.27. The molecule has 2 aromatic carbocycles. The van der Waals surface area contributed by atoms with Gasteiger partial charge >= 0.3 is 0 Å². The molecule has 8 nitrogen and oxygen atoms in total. The standard InChI is InChI=1S/C28H38ClN5O3S/c1-17(2)37-25-15-21(20-10-12-30-13-11-20)19(5)14-24(25)33-28-31-16-22(29)27(34-28)32-23-8-6-7-9-26(23)38(35,36)18(3)4/h6-9,14-15,17-18,20,30,32H,10-13,16H2,1-5H3,(H2,31,33,34). The van der Waals surface area contributed by atoms with Crippen molar-refractivity contribution in [2.75, 3.05) is 30.3 Å². The van der Waals surface area contributed by atoms with Crippen molar-refractivity contribution in [1.29, 1.82) is 0 Å². The van der Waals surface area contributed by atoms with Crippen molar-refractivity contribution < 1.29 is 13.2 Å². The van der Waals surface area contributed by atoms with E-state index in [1.54, 1.807) is 38.1 Å². The van der Waals surface area contributed by atoms with Crippen LogP contribution in [0.5, 0.6) is 5.75 Å². The molecule has 0 aliphatic carbocycles. The molecule has 4 rings (SSSR count). The van der Waals surface area contributed by atoms with Gasteiger partial charge in [-0.1, -0.05) is 23.7 Å². The fourth-order valence-corrected chi connectivity index (χ4v) is 6.04. The fraction of sp³-hybridized carbons (Fsp3) is 0.464. The predicted molar refractivity (Wildman–Crippen MR) is 156 cm³/mol. The monoisotopic (exact) mass is 559 g/mol. The number of aliphatic imine (C=N–C) groups is 1. The second kappa shape index (κ2) is 12.0. The topological polar surface area (TPSA) is 104 Å². The van der Waals surface area contributed by atoms with Crippen molar-refractivity contribution in [3.8, 4) is 5.75 Å². The van der Waals surface area contributed by atoms with E-state index in [1.807, 2.05) is 13.8 Å². The number of piperidine rings is 1. The summed E-state index contributed by atoms with van der Waals surface area (Å²) in [5.74, 6) is 2.15. The summed E-state index contributed by atoms with van der Waals surface area (Å²) in [7, 11) is -3.50. The van der Waals surface area contributed by atoms with Crippen LogP contribution in [0.4, 0.5) is 11.4 Å². The number of anilines is 2. The van der Waals surface area contributed by atoms with Gasteiger partial charge in [0.2, 0.25) is 5.96 Å². The van der Waals surface area contributed by atoms with Crippen LogP contribution < -0.4 is 26.0 Å². The molecule has 2 aliphatic heterocycles. The van der Waals surface area contributed by atoms with Gasteiger partial charge in [-0.2, -0.15) is 4.99 Å². The van der Waals surface area contributed by atoms with Gasteiger partial charge in [0.05, 0.1) is 39.2 Å². The van der Waals surface area contributed by atoms with E-state index in [4.69, 9.17) is 16.3 Å². The van der Waals surface area contributed by atoms with E-state index in [0.717, 1.165) is 37.4 Å². The first kappa shape index (κ1) is 28.3. The number of aryl methyl sites for hydroxylation is 1. The number of benzene rings is 2. The minimum absolute atomic E-state index is 0.00589. The molecule has 0 unspecified atom stereocenters. The van der Waals surface area contributed by atoms with Gasteiger partial charge in [-0.05, 0) is 102 Å². The number of nitrogens with zero attached hydrogens (tertiary/aromatic N) is 1. The molecule has 0 atom stereocenters. The van der Waals surface area contributed by atoms with Gasteiger partial charge in [-0.15, -0.1) is 0 Å². The minimum atomic E-state index is -3.50. The van der Waals surface area contributed by atoms with Crippen LogP contribution in [-0.2, 0) is 9.84 Å². The lowest BCUT2D eigenvalue weighted by Crippen LogP contribution is -2.36. The van der Waals surface area contributed by atoms with E-state index in [9.17, 15) is 8.42 Å². The van der Waals surface area contributed by atoms with Crippen LogP contribution in [0.15, 0.2) is 57.1 Å². The number of para-hydroxylation sites is 1. The first-order valence-corrected chi connectivity index (χ1v) is 15.1. The van der Waals surface area contributed by atoms with Gasteiger partial charge in [0, 0.05) is 0 Å². The Balaban J connectivity index is 1.63. The molecule has 0 radical (unpaired) electrons. The summed E-state index contributed by atoms with van der Waals surface area (Å²) in [6.07, 6.45) is 2.22. The van der Waals surface area contributed by atoms with Gasteiger partial charge in [0.15, 0.2) is 15.7 Å². The summed E-state index contributed by atoms with van der Waals surface area (Å²) in [4.78, 5) is 4.87. The lowest BCUT2D eigenvalue weighted by atomic mass is 9.87. The molecule has 2 aromatic rings. The second-order valence-electron chi connectivity index (χ2n) is 10.3. The zero-order valence-corrected chi connectivity index (χ0v) is 24.3. The average molecular weight is 560 g/mol. The number of hydrogen-bond donors (Lipinski definition) is 4. The van der Waals surface area contributed by atoms with Crippen LogP contribution in [0.3, 0.4) is 0 Å². The Morgan fingerprint density at radius 3 is 2.45 bits per heavy atom. The molecule has 0 aromatic heterocycles. The molecule has 4 N–H and O–H groups in total. The number of guanidine groups is 1. The van der Waals surface area contributed by atoms with Gasteiger partial charge in [0.25, 0.3) is 0 Å². The molecule has 1 fully saturated rings. The van der Waals surface area contributed by atoms with Crippen LogP contribution >= 0.6 is 11.6 Å². The molecule has 0 spiro atoms. The molecule has 0 saturated carbocycles. The van der Waals surface area contributed by atoms with E-state index in [0.29, 0.717) is 35.0 Å². The molecule has 1 saturated heterocycles. The van der Waals surface area contributed by atoms with E-state index >= 15 is 0 Å². The molecule has 0 bridgehead atoms. The molecule has 2 heterocycles. The number of ether oxygens (including phenoxy) is 1. The Hall–Kier alpha value is -2.75. The van der Waals surface area contributed by atoms with Crippen LogP contribution in [0, 0.1) is 6.92 Å². The number of halogens is 1. The number of nitrogens with one attached hydrogen (secondary N) is 4. The van der Waals surface area contributed by atoms with Crippen LogP contribution in [0.1, 0.15) is 57.6 Å². The van der Waals surface area contributed by atoms with Gasteiger partial charge in [0.1, 0.15) is 5.75 Å². The molecule has 38 heavy (non-hydrogen) atoms. The second-order valence-corrected chi connectivity index (χ2v) is 13.2.